The Morgan fingerprint density at radius 2 is 1.85 bits per heavy atom. The third-order valence-corrected chi connectivity index (χ3v) is 3.79. The second-order valence-corrected chi connectivity index (χ2v) is 5.00. The highest BCUT2D eigenvalue weighted by Crippen LogP contribution is 2.26. The number of aliphatic carboxylic acids is 1. The third-order valence-electron chi connectivity index (χ3n) is 3.79. The maximum atomic E-state index is 12.1. The summed E-state index contributed by atoms with van der Waals surface area (Å²) in [7, 11) is 0. The summed E-state index contributed by atoms with van der Waals surface area (Å²) in [5.74, 6) is -1.49. The van der Waals surface area contributed by atoms with Crippen LogP contribution < -0.4 is 5.32 Å². The number of benzene rings is 1. The van der Waals surface area contributed by atoms with Gasteiger partial charge < -0.3 is 15.5 Å². The quantitative estimate of drug-likeness (QED) is 0.746. The van der Waals surface area contributed by atoms with Crippen molar-refractivity contribution in [1.29, 1.82) is 0 Å². The molecule has 3 N–H and O–H groups in total. The molecule has 0 aliphatic heterocycles. The van der Waals surface area contributed by atoms with E-state index in [1.807, 2.05) is 6.92 Å². The lowest BCUT2D eigenvalue weighted by Crippen LogP contribution is -2.42. The summed E-state index contributed by atoms with van der Waals surface area (Å²) in [6.45, 7) is 5.43. The summed E-state index contributed by atoms with van der Waals surface area (Å²) in [5, 5.41) is 21.6. The van der Waals surface area contributed by atoms with Gasteiger partial charge >= 0.3 is 5.97 Å². The fourth-order valence-electron chi connectivity index (χ4n) is 2.05. The van der Waals surface area contributed by atoms with Gasteiger partial charge in [-0.15, -0.1) is 0 Å². The molecule has 0 atom stereocenters. The molecule has 20 heavy (non-hydrogen) atoms. The number of amides is 1. The number of phenols is 1. The Balaban J connectivity index is 2.86. The molecule has 0 saturated carbocycles. The second kappa shape index (κ2) is 6.41. The molecule has 0 fully saturated rings. The zero-order chi connectivity index (χ0) is 15.3. The zero-order valence-electron chi connectivity index (χ0n) is 12.1. The molecule has 1 amide bonds. The van der Waals surface area contributed by atoms with Crippen molar-refractivity contribution >= 4 is 11.9 Å². The summed E-state index contributed by atoms with van der Waals surface area (Å²) in [5.41, 5.74) is 0.0506. The van der Waals surface area contributed by atoms with E-state index in [1.165, 1.54) is 6.07 Å². The van der Waals surface area contributed by atoms with Crippen molar-refractivity contribution < 1.29 is 19.8 Å². The van der Waals surface area contributed by atoms with Gasteiger partial charge in [0.25, 0.3) is 5.91 Å². The molecule has 0 heterocycles. The molecule has 0 spiro atoms. The van der Waals surface area contributed by atoms with E-state index in [2.05, 4.69) is 5.32 Å². The molecule has 110 valence electrons. The molecule has 0 unspecified atom stereocenters. The van der Waals surface area contributed by atoms with Gasteiger partial charge in [-0.25, -0.2) is 0 Å². The third kappa shape index (κ3) is 3.29. The van der Waals surface area contributed by atoms with Crippen LogP contribution in [0.2, 0.25) is 0 Å². The van der Waals surface area contributed by atoms with Crippen molar-refractivity contribution in [2.45, 2.75) is 33.6 Å². The smallest absolute Gasteiger partial charge is 0.311 e. The standard InChI is InChI=1S/C15H21NO4/c1-4-15(5-2,14(19)20)9-16-13(18)11-8-10(3)6-7-12(11)17/h6-8,17H,4-5,9H2,1-3H3,(H,16,18)(H,19,20). The number of carbonyl (C=O) groups is 2. The van der Waals surface area contributed by atoms with Gasteiger partial charge in [0.2, 0.25) is 0 Å². The SMILES string of the molecule is CCC(CC)(CNC(=O)c1cc(C)ccc1O)C(=O)O. The van der Waals surface area contributed by atoms with E-state index in [4.69, 9.17) is 0 Å². The number of hydrogen-bond acceptors (Lipinski definition) is 3. The average Bonchev–Trinajstić information content (AvgIpc) is 2.42. The number of phenolic OH excluding ortho intramolecular Hbond substituents is 1. The predicted molar refractivity (Wildman–Crippen MR) is 75.8 cm³/mol. The van der Waals surface area contributed by atoms with E-state index in [0.29, 0.717) is 12.8 Å². The zero-order valence-corrected chi connectivity index (χ0v) is 12.1. The van der Waals surface area contributed by atoms with E-state index in [0.717, 1.165) is 5.56 Å². The van der Waals surface area contributed by atoms with Crippen LogP contribution in [0.25, 0.3) is 0 Å². The Hall–Kier alpha value is -2.04. The molecule has 0 saturated heterocycles. The Labute approximate surface area is 118 Å². The fourth-order valence-corrected chi connectivity index (χ4v) is 2.05. The van der Waals surface area contributed by atoms with Crippen LogP contribution in [0.4, 0.5) is 0 Å². The highest BCUT2D eigenvalue weighted by molar-refractivity contribution is 5.97. The van der Waals surface area contributed by atoms with Crippen LogP contribution in [-0.2, 0) is 4.79 Å². The van der Waals surface area contributed by atoms with Crippen LogP contribution in [0.5, 0.6) is 5.75 Å². The first-order chi connectivity index (χ1) is 9.36. The topological polar surface area (TPSA) is 86.6 Å². The van der Waals surface area contributed by atoms with E-state index >= 15 is 0 Å². The van der Waals surface area contributed by atoms with Gasteiger partial charge in [0.1, 0.15) is 5.75 Å². The summed E-state index contributed by atoms with van der Waals surface area (Å²) >= 11 is 0. The van der Waals surface area contributed by atoms with E-state index in [1.54, 1.807) is 26.0 Å². The minimum Gasteiger partial charge on any atom is -0.507 e. The fraction of sp³-hybridized carbons (Fsp3) is 0.467. The van der Waals surface area contributed by atoms with Crippen LogP contribution >= 0.6 is 0 Å². The Morgan fingerprint density at radius 3 is 2.35 bits per heavy atom. The molecule has 0 bridgehead atoms. The van der Waals surface area contributed by atoms with Crippen molar-refractivity contribution in [3.05, 3.63) is 29.3 Å². The first-order valence-electron chi connectivity index (χ1n) is 6.67. The molecular formula is C15H21NO4. The monoisotopic (exact) mass is 279 g/mol. The average molecular weight is 279 g/mol. The van der Waals surface area contributed by atoms with Gasteiger partial charge in [-0.3, -0.25) is 9.59 Å². The largest absolute Gasteiger partial charge is 0.507 e. The van der Waals surface area contributed by atoms with Gasteiger partial charge in [0.05, 0.1) is 11.0 Å². The van der Waals surface area contributed by atoms with Gasteiger partial charge in [0.15, 0.2) is 0 Å². The second-order valence-electron chi connectivity index (χ2n) is 5.00. The summed E-state index contributed by atoms with van der Waals surface area (Å²) in [4.78, 5) is 23.4. The highest BCUT2D eigenvalue weighted by atomic mass is 16.4. The molecule has 1 aromatic carbocycles. The normalized spacial score (nSPS) is 11.2. The number of carboxylic acids is 1. The summed E-state index contributed by atoms with van der Waals surface area (Å²) < 4.78 is 0. The lowest BCUT2D eigenvalue weighted by atomic mass is 9.82. The number of carboxylic acid groups (broad SMARTS) is 1. The van der Waals surface area contributed by atoms with E-state index < -0.39 is 17.3 Å². The molecule has 5 heteroatoms. The van der Waals surface area contributed by atoms with Crippen molar-refractivity contribution in [3.63, 3.8) is 0 Å². The number of rotatable bonds is 6. The van der Waals surface area contributed by atoms with Crippen molar-refractivity contribution in [1.82, 2.24) is 5.32 Å². The maximum Gasteiger partial charge on any atom is 0.311 e. The van der Waals surface area contributed by atoms with Crippen LogP contribution in [0.1, 0.15) is 42.6 Å². The van der Waals surface area contributed by atoms with Crippen molar-refractivity contribution in [2.75, 3.05) is 6.54 Å². The Bertz CT molecular complexity index is 507. The molecule has 1 rings (SSSR count). The van der Waals surface area contributed by atoms with Crippen molar-refractivity contribution in [3.8, 4) is 5.75 Å². The predicted octanol–water partition coefficient (Wildman–Crippen LogP) is 2.32. The first-order valence-corrected chi connectivity index (χ1v) is 6.67. The minimum absolute atomic E-state index is 0.0432. The molecule has 1 aromatic rings. The highest BCUT2D eigenvalue weighted by Gasteiger charge is 2.35. The molecular weight excluding hydrogens is 258 g/mol. The number of aryl methyl sites for hydroxylation is 1. The maximum absolute atomic E-state index is 12.1. The Morgan fingerprint density at radius 1 is 1.25 bits per heavy atom. The van der Waals surface area contributed by atoms with Crippen LogP contribution in [0.3, 0.4) is 0 Å². The summed E-state index contributed by atoms with van der Waals surface area (Å²) in [6.07, 6.45) is 0.859. The molecule has 0 radical (unpaired) electrons. The van der Waals surface area contributed by atoms with E-state index in [9.17, 15) is 19.8 Å². The molecule has 0 aliphatic carbocycles. The van der Waals surface area contributed by atoms with Gasteiger partial charge in [-0.05, 0) is 31.9 Å². The number of nitrogens with one attached hydrogen (secondary N) is 1. The van der Waals surface area contributed by atoms with Gasteiger partial charge in [0, 0.05) is 6.54 Å². The molecule has 0 aromatic heterocycles. The van der Waals surface area contributed by atoms with Crippen LogP contribution in [-0.4, -0.2) is 28.6 Å². The first kappa shape index (κ1) is 16.0. The number of hydrogen-bond donors (Lipinski definition) is 3. The van der Waals surface area contributed by atoms with Crippen LogP contribution in [0, 0.1) is 12.3 Å². The lowest BCUT2D eigenvalue weighted by Gasteiger charge is -2.26. The number of carbonyl (C=O) groups excluding carboxylic acids is 1. The van der Waals surface area contributed by atoms with Gasteiger partial charge in [-0.2, -0.15) is 0 Å². The van der Waals surface area contributed by atoms with E-state index in [-0.39, 0.29) is 17.9 Å². The minimum atomic E-state index is -0.963. The number of aromatic hydroxyl groups is 1. The Kier molecular flexibility index (Phi) is 5.13. The lowest BCUT2D eigenvalue weighted by molar-refractivity contribution is -0.149. The van der Waals surface area contributed by atoms with Crippen molar-refractivity contribution in [2.24, 2.45) is 5.41 Å². The van der Waals surface area contributed by atoms with Gasteiger partial charge in [-0.1, -0.05) is 25.5 Å². The molecule has 0 aliphatic rings. The van der Waals surface area contributed by atoms with Crippen LogP contribution in [0.15, 0.2) is 18.2 Å². The molecule has 5 nitrogen and oxygen atoms in total. The summed E-state index contributed by atoms with van der Waals surface area (Å²) in [6, 6.07) is 4.73.